The molecule has 1 aromatic rings. The second-order valence-electron chi connectivity index (χ2n) is 3.00. The van der Waals surface area contributed by atoms with E-state index in [0.29, 0.717) is 0 Å². The minimum atomic E-state index is 1.09. The molecule has 0 atom stereocenters. The summed E-state index contributed by atoms with van der Waals surface area (Å²) >= 11 is 0. The molecule has 0 amide bonds. The van der Waals surface area contributed by atoms with Crippen LogP contribution in [0.2, 0.25) is 0 Å². The van der Waals surface area contributed by atoms with Gasteiger partial charge in [-0.05, 0) is 24.5 Å². The lowest BCUT2D eigenvalue weighted by Gasteiger charge is -2.26. The van der Waals surface area contributed by atoms with Crippen molar-refractivity contribution >= 4 is 5.69 Å². The Bertz CT molecular complexity index is 255. The zero-order valence-electron chi connectivity index (χ0n) is 6.59. The van der Waals surface area contributed by atoms with Crippen molar-refractivity contribution in [1.29, 1.82) is 0 Å². The Hall–Kier alpha value is -0.980. The molecular weight excluding hydrogens is 134 g/mol. The summed E-state index contributed by atoms with van der Waals surface area (Å²) in [5, 5.41) is 0. The van der Waals surface area contributed by atoms with Crippen LogP contribution in [0.15, 0.2) is 24.3 Å². The quantitative estimate of drug-likeness (QED) is 0.542. The Labute approximate surface area is 67.6 Å². The first kappa shape index (κ1) is 6.71. The van der Waals surface area contributed by atoms with Crippen LogP contribution < -0.4 is 4.90 Å². The van der Waals surface area contributed by atoms with Gasteiger partial charge < -0.3 is 4.90 Å². The van der Waals surface area contributed by atoms with Crippen LogP contribution in [0.5, 0.6) is 0 Å². The monoisotopic (exact) mass is 146 g/mol. The van der Waals surface area contributed by atoms with Crippen molar-refractivity contribution in [3.05, 3.63) is 36.9 Å². The van der Waals surface area contributed by atoms with Gasteiger partial charge in [0.05, 0.1) is 0 Å². The summed E-state index contributed by atoms with van der Waals surface area (Å²) in [6.07, 6.45) is 2.45. The van der Waals surface area contributed by atoms with Crippen LogP contribution in [0.4, 0.5) is 5.69 Å². The number of hydrogen-bond donors (Lipinski definition) is 0. The van der Waals surface area contributed by atoms with Crippen molar-refractivity contribution in [1.82, 2.24) is 0 Å². The molecule has 57 valence electrons. The molecule has 1 nitrogen and oxygen atoms in total. The van der Waals surface area contributed by atoms with Crippen LogP contribution >= 0.6 is 0 Å². The Balaban J connectivity index is 2.44. The van der Waals surface area contributed by atoms with Crippen molar-refractivity contribution in [3.8, 4) is 0 Å². The molecule has 0 aliphatic carbocycles. The Morgan fingerprint density at radius 3 is 2.91 bits per heavy atom. The summed E-state index contributed by atoms with van der Waals surface area (Å²) in [6, 6.07) is 8.49. The van der Waals surface area contributed by atoms with Gasteiger partial charge in [-0.1, -0.05) is 18.2 Å². The van der Waals surface area contributed by atoms with Gasteiger partial charge in [-0.3, -0.25) is 0 Å². The maximum atomic E-state index is 3.97. The fraction of sp³-hybridized carbons (Fsp3) is 0.300. The fourth-order valence-electron chi connectivity index (χ4n) is 1.61. The first-order chi connectivity index (χ1) is 5.38. The number of rotatable bonds is 0. The SMILES string of the molecule is [CH2]N1CCCc2ccccc21. The smallest absolute Gasteiger partial charge is 0.0399 e. The second-order valence-corrected chi connectivity index (χ2v) is 3.00. The van der Waals surface area contributed by atoms with Crippen LogP contribution in [0.1, 0.15) is 12.0 Å². The predicted molar refractivity (Wildman–Crippen MR) is 47.5 cm³/mol. The molecular formula is C10H12N. The zero-order valence-corrected chi connectivity index (χ0v) is 6.59. The van der Waals surface area contributed by atoms with E-state index < -0.39 is 0 Å². The highest BCUT2D eigenvalue weighted by atomic mass is 15.1. The van der Waals surface area contributed by atoms with Gasteiger partial charge in [0.1, 0.15) is 0 Å². The summed E-state index contributed by atoms with van der Waals surface area (Å²) in [5.41, 5.74) is 2.74. The fourth-order valence-corrected chi connectivity index (χ4v) is 1.61. The van der Waals surface area contributed by atoms with Gasteiger partial charge in [0.25, 0.3) is 0 Å². The molecule has 0 spiro atoms. The van der Waals surface area contributed by atoms with Crippen molar-refractivity contribution < 1.29 is 0 Å². The molecule has 11 heavy (non-hydrogen) atoms. The van der Waals surface area contributed by atoms with Gasteiger partial charge in [-0.2, -0.15) is 0 Å². The Morgan fingerprint density at radius 2 is 2.09 bits per heavy atom. The lowest BCUT2D eigenvalue weighted by Crippen LogP contribution is -2.22. The van der Waals surface area contributed by atoms with Crippen molar-refractivity contribution in [2.45, 2.75) is 12.8 Å². The van der Waals surface area contributed by atoms with E-state index in [0.717, 1.165) is 6.54 Å². The van der Waals surface area contributed by atoms with Crippen molar-refractivity contribution in [2.75, 3.05) is 11.4 Å². The second kappa shape index (κ2) is 2.57. The molecule has 1 aromatic carbocycles. The number of fused-ring (bicyclic) bond motifs is 1. The topological polar surface area (TPSA) is 3.24 Å². The van der Waals surface area contributed by atoms with Crippen LogP contribution in [-0.2, 0) is 6.42 Å². The Kier molecular flexibility index (Phi) is 1.57. The molecule has 0 aromatic heterocycles. The highest BCUT2D eigenvalue weighted by Crippen LogP contribution is 2.25. The van der Waals surface area contributed by atoms with E-state index in [4.69, 9.17) is 0 Å². The van der Waals surface area contributed by atoms with Crippen molar-refractivity contribution in [3.63, 3.8) is 0 Å². The Morgan fingerprint density at radius 1 is 1.27 bits per heavy atom. The number of nitrogens with zero attached hydrogens (tertiary/aromatic N) is 1. The van der Waals surface area contributed by atoms with Gasteiger partial charge in [0, 0.05) is 19.3 Å². The highest BCUT2D eigenvalue weighted by molar-refractivity contribution is 5.55. The summed E-state index contributed by atoms with van der Waals surface area (Å²) in [6.45, 7) is 1.09. The molecule has 1 heteroatoms. The predicted octanol–water partition coefficient (Wildman–Crippen LogP) is 2.23. The van der Waals surface area contributed by atoms with Gasteiger partial charge in [0.2, 0.25) is 0 Å². The molecule has 0 fully saturated rings. The normalized spacial score (nSPS) is 16.3. The third-order valence-corrected chi connectivity index (χ3v) is 2.21. The highest BCUT2D eigenvalue weighted by Gasteiger charge is 2.11. The third-order valence-electron chi connectivity index (χ3n) is 2.21. The van der Waals surface area contributed by atoms with E-state index in [1.54, 1.807) is 0 Å². The molecule has 1 aliphatic rings. The van der Waals surface area contributed by atoms with Gasteiger partial charge in [-0.25, -0.2) is 0 Å². The van der Waals surface area contributed by atoms with Gasteiger partial charge in [-0.15, -0.1) is 0 Å². The molecule has 2 rings (SSSR count). The molecule has 0 bridgehead atoms. The summed E-state index contributed by atoms with van der Waals surface area (Å²) in [4.78, 5) is 2.08. The standard InChI is InChI=1S/C10H12N/c1-11-8-4-6-9-5-2-3-7-10(9)11/h2-3,5,7H,1,4,6,8H2. The molecule has 0 N–H and O–H groups in total. The number of aryl methyl sites for hydroxylation is 1. The molecule has 0 unspecified atom stereocenters. The van der Waals surface area contributed by atoms with Gasteiger partial charge >= 0.3 is 0 Å². The molecule has 1 radical (unpaired) electrons. The van der Waals surface area contributed by atoms with E-state index in [2.05, 4.69) is 36.2 Å². The van der Waals surface area contributed by atoms with Crippen molar-refractivity contribution in [2.24, 2.45) is 0 Å². The molecule has 1 aliphatic heterocycles. The number of hydrogen-bond acceptors (Lipinski definition) is 1. The summed E-state index contributed by atoms with van der Waals surface area (Å²) in [5.74, 6) is 0. The van der Waals surface area contributed by atoms with E-state index in [9.17, 15) is 0 Å². The summed E-state index contributed by atoms with van der Waals surface area (Å²) in [7, 11) is 3.97. The van der Waals surface area contributed by atoms with Crippen LogP contribution in [0, 0.1) is 7.05 Å². The van der Waals surface area contributed by atoms with E-state index in [-0.39, 0.29) is 0 Å². The first-order valence-corrected chi connectivity index (χ1v) is 4.04. The average molecular weight is 146 g/mol. The summed E-state index contributed by atoms with van der Waals surface area (Å²) < 4.78 is 0. The largest absolute Gasteiger partial charge is 0.370 e. The lowest BCUT2D eigenvalue weighted by atomic mass is 10.0. The minimum absolute atomic E-state index is 1.09. The first-order valence-electron chi connectivity index (χ1n) is 4.04. The number of benzene rings is 1. The maximum Gasteiger partial charge on any atom is 0.0399 e. The maximum absolute atomic E-state index is 3.97. The third kappa shape index (κ3) is 1.11. The van der Waals surface area contributed by atoms with Crippen LogP contribution in [0.25, 0.3) is 0 Å². The van der Waals surface area contributed by atoms with E-state index in [1.165, 1.54) is 24.1 Å². The number of para-hydroxylation sites is 1. The minimum Gasteiger partial charge on any atom is -0.370 e. The molecule has 1 heterocycles. The average Bonchev–Trinajstić information content (AvgIpc) is 2.06. The number of anilines is 1. The van der Waals surface area contributed by atoms with Crippen LogP contribution in [0.3, 0.4) is 0 Å². The zero-order chi connectivity index (χ0) is 7.68. The van der Waals surface area contributed by atoms with E-state index >= 15 is 0 Å². The molecule has 0 saturated carbocycles. The van der Waals surface area contributed by atoms with E-state index in [1.807, 2.05) is 0 Å². The van der Waals surface area contributed by atoms with Gasteiger partial charge in [0.15, 0.2) is 0 Å². The molecule has 0 saturated heterocycles. The lowest BCUT2D eigenvalue weighted by molar-refractivity contribution is 0.761. The van der Waals surface area contributed by atoms with Crippen LogP contribution in [-0.4, -0.2) is 6.54 Å².